The van der Waals surface area contributed by atoms with Crippen LogP contribution in [0.25, 0.3) is 11.3 Å². The number of anilines is 2. The predicted molar refractivity (Wildman–Crippen MR) is 162 cm³/mol. The third-order valence-electron chi connectivity index (χ3n) is 7.66. The Bertz CT molecular complexity index is 1540. The maximum atomic E-state index is 13.3. The lowest BCUT2D eigenvalue weighted by molar-refractivity contribution is -0.110. The Labute approximate surface area is 244 Å². The van der Waals surface area contributed by atoms with Crippen LogP contribution < -0.4 is 16.1 Å². The topological polar surface area (TPSA) is 123 Å². The highest BCUT2D eigenvalue weighted by molar-refractivity contribution is 6.37. The van der Waals surface area contributed by atoms with Crippen molar-refractivity contribution in [2.75, 3.05) is 57.0 Å². The van der Waals surface area contributed by atoms with E-state index in [4.69, 9.17) is 4.84 Å². The van der Waals surface area contributed by atoms with Gasteiger partial charge in [-0.15, -0.1) is 0 Å². The monoisotopic (exact) mass is 569 g/mol. The van der Waals surface area contributed by atoms with E-state index in [0.717, 1.165) is 43.9 Å². The summed E-state index contributed by atoms with van der Waals surface area (Å²) in [5.74, 6) is -1.71. The lowest BCUT2D eigenvalue weighted by Crippen LogP contribution is -2.45. The van der Waals surface area contributed by atoms with Crippen molar-refractivity contribution >= 4 is 40.4 Å². The minimum atomic E-state index is -1.05. The van der Waals surface area contributed by atoms with E-state index in [1.807, 2.05) is 43.3 Å². The summed E-state index contributed by atoms with van der Waals surface area (Å²) in [5.41, 5.74) is 7.97. The van der Waals surface area contributed by atoms with Crippen LogP contribution in [0.1, 0.15) is 43.0 Å². The summed E-state index contributed by atoms with van der Waals surface area (Å²) in [7, 11) is 2.11. The van der Waals surface area contributed by atoms with E-state index in [2.05, 4.69) is 33.0 Å². The standard InChI is InChI=1S/C32H35N5O5/c1-20-17-23(9-10-24(20)30(38)35-42-16-15-37-13-11-36(3)12-14-37)33-29(22-7-5-4-6-8-22)28-26-18-21(2)25(32(40)41)19-27(26)34-31(28)39/h4-10,17-19,33H,11-16H2,1-3H3,(H,34,39)(H,35,38)(H,40,41)/b29-28+. The molecule has 5 rings (SSSR count). The van der Waals surface area contributed by atoms with E-state index in [9.17, 15) is 19.5 Å². The van der Waals surface area contributed by atoms with E-state index in [1.54, 1.807) is 25.1 Å². The van der Waals surface area contributed by atoms with Gasteiger partial charge in [0, 0.05) is 49.5 Å². The summed E-state index contributed by atoms with van der Waals surface area (Å²) in [6.45, 7) is 8.72. The van der Waals surface area contributed by atoms with Crippen molar-refractivity contribution < 1.29 is 24.3 Å². The summed E-state index contributed by atoms with van der Waals surface area (Å²) in [4.78, 5) is 47.8. The zero-order valence-corrected chi connectivity index (χ0v) is 24.0. The van der Waals surface area contributed by atoms with Gasteiger partial charge < -0.3 is 20.6 Å². The number of aryl methyl sites for hydroxylation is 2. The van der Waals surface area contributed by atoms with Gasteiger partial charge in [0.25, 0.3) is 11.8 Å². The Morgan fingerprint density at radius 2 is 1.67 bits per heavy atom. The summed E-state index contributed by atoms with van der Waals surface area (Å²) in [6, 6.07) is 18.0. The lowest BCUT2D eigenvalue weighted by Gasteiger charge is -2.32. The Morgan fingerprint density at radius 3 is 2.36 bits per heavy atom. The average molecular weight is 570 g/mol. The number of nitrogens with one attached hydrogen (secondary N) is 3. The minimum Gasteiger partial charge on any atom is -0.478 e. The first-order chi connectivity index (χ1) is 20.2. The van der Waals surface area contributed by atoms with Gasteiger partial charge in [0.2, 0.25) is 0 Å². The number of hydrogen-bond acceptors (Lipinski definition) is 7. The Hall–Kier alpha value is -4.51. The van der Waals surface area contributed by atoms with E-state index < -0.39 is 5.97 Å². The predicted octanol–water partition coefficient (Wildman–Crippen LogP) is 3.84. The van der Waals surface area contributed by atoms with Gasteiger partial charge >= 0.3 is 5.97 Å². The van der Waals surface area contributed by atoms with Gasteiger partial charge in [0.05, 0.1) is 29.1 Å². The second kappa shape index (κ2) is 12.6. The van der Waals surface area contributed by atoms with Gasteiger partial charge in [-0.25, -0.2) is 10.3 Å². The quantitative estimate of drug-likeness (QED) is 0.174. The van der Waals surface area contributed by atoms with Gasteiger partial charge in [-0.3, -0.25) is 19.3 Å². The van der Waals surface area contributed by atoms with Crippen molar-refractivity contribution in [3.8, 4) is 0 Å². The highest BCUT2D eigenvalue weighted by Crippen LogP contribution is 2.39. The molecule has 3 aromatic rings. The summed E-state index contributed by atoms with van der Waals surface area (Å²) in [5, 5.41) is 15.8. The molecule has 2 aliphatic heterocycles. The van der Waals surface area contributed by atoms with Crippen molar-refractivity contribution in [1.82, 2.24) is 15.3 Å². The highest BCUT2D eigenvalue weighted by atomic mass is 16.7. The fourth-order valence-corrected chi connectivity index (χ4v) is 5.25. The molecule has 218 valence electrons. The molecule has 0 radical (unpaired) electrons. The van der Waals surface area contributed by atoms with Crippen LogP contribution in [0.15, 0.2) is 60.7 Å². The van der Waals surface area contributed by atoms with Crippen LogP contribution in [0.2, 0.25) is 0 Å². The smallest absolute Gasteiger partial charge is 0.336 e. The van der Waals surface area contributed by atoms with E-state index >= 15 is 0 Å². The Morgan fingerprint density at radius 1 is 0.952 bits per heavy atom. The van der Waals surface area contributed by atoms with E-state index in [0.29, 0.717) is 45.9 Å². The molecule has 10 nitrogen and oxygen atoms in total. The average Bonchev–Trinajstić information content (AvgIpc) is 3.29. The number of carboxylic acids is 1. The molecular weight excluding hydrogens is 534 g/mol. The molecule has 0 unspecified atom stereocenters. The van der Waals surface area contributed by atoms with Crippen LogP contribution in [-0.2, 0) is 9.63 Å². The van der Waals surface area contributed by atoms with Crippen LogP contribution in [0.5, 0.6) is 0 Å². The number of benzene rings is 3. The number of carbonyl (C=O) groups is 3. The molecule has 0 atom stereocenters. The maximum Gasteiger partial charge on any atom is 0.336 e. The van der Waals surface area contributed by atoms with Crippen LogP contribution in [0.4, 0.5) is 11.4 Å². The van der Waals surface area contributed by atoms with Crippen LogP contribution >= 0.6 is 0 Å². The third-order valence-corrected chi connectivity index (χ3v) is 7.66. The molecule has 0 spiro atoms. The SMILES string of the molecule is Cc1cc2c(cc1C(=O)O)NC(=O)/C2=C(/Nc1ccc(C(=O)NOCCN2CCN(C)CC2)c(C)c1)c1ccccc1. The second-order valence-corrected chi connectivity index (χ2v) is 10.7. The molecule has 42 heavy (non-hydrogen) atoms. The fraction of sp³-hybridized carbons (Fsp3) is 0.281. The molecule has 2 heterocycles. The van der Waals surface area contributed by atoms with Crippen molar-refractivity contribution in [1.29, 1.82) is 0 Å². The lowest BCUT2D eigenvalue weighted by atomic mass is 9.96. The van der Waals surface area contributed by atoms with Crippen molar-refractivity contribution in [3.63, 3.8) is 0 Å². The summed E-state index contributed by atoms with van der Waals surface area (Å²) < 4.78 is 0. The zero-order valence-electron chi connectivity index (χ0n) is 24.0. The third kappa shape index (κ3) is 6.36. The number of nitrogens with zero attached hydrogens (tertiary/aromatic N) is 2. The molecule has 10 heteroatoms. The number of fused-ring (bicyclic) bond motifs is 1. The molecule has 0 bridgehead atoms. The fourth-order valence-electron chi connectivity index (χ4n) is 5.25. The largest absolute Gasteiger partial charge is 0.478 e. The first kappa shape index (κ1) is 29.0. The number of aromatic carboxylic acids is 1. The molecule has 3 aromatic carbocycles. The first-order valence-corrected chi connectivity index (χ1v) is 13.9. The number of likely N-dealkylation sites (N-methyl/N-ethyl adjacent to an activating group) is 1. The molecule has 0 saturated carbocycles. The van der Waals surface area contributed by atoms with Crippen molar-refractivity contribution in [2.24, 2.45) is 0 Å². The summed E-state index contributed by atoms with van der Waals surface area (Å²) in [6.07, 6.45) is 0. The van der Waals surface area contributed by atoms with Crippen LogP contribution in [-0.4, -0.2) is 79.1 Å². The number of hydroxylamine groups is 1. The number of hydrogen-bond donors (Lipinski definition) is 4. The molecule has 0 aromatic heterocycles. The zero-order chi connectivity index (χ0) is 29.8. The number of piperazine rings is 1. The van der Waals surface area contributed by atoms with Gasteiger partial charge in [0.1, 0.15) is 0 Å². The molecule has 0 aliphatic carbocycles. The van der Waals surface area contributed by atoms with Gasteiger partial charge in [-0.1, -0.05) is 30.3 Å². The van der Waals surface area contributed by atoms with Crippen molar-refractivity contribution in [3.05, 3.63) is 94.0 Å². The van der Waals surface area contributed by atoms with Crippen LogP contribution in [0.3, 0.4) is 0 Å². The molecule has 1 saturated heterocycles. The maximum absolute atomic E-state index is 13.3. The van der Waals surface area contributed by atoms with Gasteiger partial charge in [0.15, 0.2) is 0 Å². The van der Waals surface area contributed by atoms with Crippen molar-refractivity contribution in [2.45, 2.75) is 13.8 Å². The molecule has 2 amide bonds. The van der Waals surface area contributed by atoms with E-state index in [-0.39, 0.29) is 17.4 Å². The Balaban J connectivity index is 1.35. The Kier molecular flexibility index (Phi) is 8.67. The van der Waals surface area contributed by atoms with Gasteiger partial charge in [-0.2, -0.15) is 0 Å². The molecule has 4 N–H and O–H groups in total. The van der Waals surface area contributed by atoms with Crippen LogP contribution in [0, 0.1) is 13.8 Å². The number of rotatable bonds is 9. The number of carboxylic acid groups (broad SMARTS) is 1. The summed E-state index contributed by atoms with van der Waals surface area (Å²) >= 11 is 0. The first-order valence-electron chi connectivity index (χ1n) is 13.9. The van der Waals surface area contributed by atoms with Gasteiger partial charge in [-0.05, 0) is 67.9 Å². The molecule has 1 fully saturated rings. The second-order valence-electron chi connectivity index (χ2n) is 10.7. The molecular formula is C32H35N5O5. The highest BCUT2D eigenvalue weighted by Gasteiger charge is 2.30. The normalized spacial score (nSPS) is 16.5. The number of amides is 2. The minimum absolute atomic E-state index is 0.136. The molecule has 2 aliphatic rings. The van der Waals surface area contributed by atoms with E-state index in [1.165, 1.54) is 6.07 Å². The number of carbonyl (C=O) groups excluding carboxylic acids is 2.